The van der Waals surface area contributed by atoms with Gasteiger partial charge in [0.2, 0.25) is 0 Å². The van der Waals surface area contributed by atoms with E-state index in [2.05, 4.69) is 0 Å². The summed E-state index contributed by atoms with van der Waals surface area (Å²) in [5, 5.41) is 8.05. The van der Waals surface area contributed by atoms with Gasteiger partial charge in [-0.2, -0.15) is 13.2 Å². The Kier molecular flexibility index (Phi) is 4.34. The number of hydrogen-bond acceptors (Lipinski definition) is 1. The molecule has 0 saturated heterocycles. The molecule has 0 aromatic heterocycles. The smallest absolute Gasteiger partial charge is 0.413 e. The Morgan fingerprint density at radius 3 is 2.44 bits per heavy atom. The summed E-state index contributed by atoms with van der Waals surface area (Å²) in [6, 6.07) is 3.06. The third-order valence-electron chi connectivity index (χ3n) is 2.04. The van der Waals surface area contributed by atoms with Gasteiger partial charge < -0.3 is 5.11 Å². The van der Waals surface area contributed by atoms with Crippen LogP contribution in [0.15, 0.2) is 29.8 Å². The van der Waals surface area contributed by atoms with Crippen LogP contribution >= 0.6 is 11.6 Å². The van der Waals surface area contributed by atoms with E-state index in [1.54, 1.807) is 0 Å². The van der Waals surface area contributed by atoms with Gasteiger partial charge in [-0.05, 0) is 17.7 Å². The van der Waals surface area contributed by atoms with Gasteiger partial charge >= 0.3 is 12.1 Å². The van der Waals surface area contributed by atoms with Gasteiger partial charge in [-0.25, -0.2) is 9.18 Å². The summed E-state index contributed by atoms with van der Waals surface area (Å²) in [5.74, 6) is -2.45. The molecule has 0 bridgehead atoms. The van der Waals surface area contributed by atoms with Crippen LogP contribution < -0.4 is 0 Å². The lowest BCUT2D eigenvalue weighted by atomic mass is 10.0. The van der Waals surface area contributed by atoms with E-state index < -0.39 is 30.0 Å². The highest BCUT2D eigenvalue weighted by molar-refractivity contribution is 6.30. The summed E-state index contributed by atoms with van der Waals surface area (Å²) in [5.41, 5.74) is -1.16. The molecule has 0 heterocycles. The summed E-state index contributed by atoms with van der Waals surface area (Å²) < 4.78 is 50.3. The van der Waals surface area contributed by atoms with Gasteiger partial charge in [-0.1, -0.05) is 17.7 Å². The zero-order valence-electron chi connectivity index (χ0n) is 8.76. The number of carboxylic acid groups (broad SMARTS) is 1. The lowest BCUT2D eigenvalue weighted by Crippen LogP contribution is -2.15. The lowest BCUT2D eigenvalue weighted by Gasteiger charge is -2.11. The first-order valence-electron chi connectivity index (χ1n) is 4.65. The fourth-order valence-corrected chi connectivity index (χ4v) is 1.45. The number of carbonyl (C=O) groups is 1. The van der Waals surface area contributed by atoms with Crippen molar-refractivity contribution in [2.75, 3.05) is 0 Å². The number of alkyl halides is 3. The molecule has 1 N–H and O–H groups in total. The summed E-state index contributed by atoms with van der Waals surface area (Å²) >= 11 is 5.43. The van der Waals surface area contributed by atoms with Crippen molar-refractivity contribution in [1.82, 2.24) is 0 Å². The molecule has 98 valence electrons. The van der Waals surface area contributed by atoms with E-state index in [9.17, 15) is 22.4 Å². The molecular weight excluding hydrogens is 276 g/mol. The second-order valence-electron chi connectivity index (χ2n) is 3.43. The Morgan fingerprint density at radius 1 is 1.39 bits per heavy atom. The fraction of sp³-hybridized carbons (Fsp3) is 0.182. The van der Waals surface area contributed by atoms with Crippen LogP contribution in [0.4, 0.5) is 17.6 Å². The average molecular weight is 283 g/mol. The highest BCUT2D eigenvalue weighted by Crippen LogP contribution is 2.29. The van der Waals surface area contributed by atoms with Crippen molar-refractivity contribution in [1.29, 1.82) is 0 Å². The van der Waals surface area contributed by atoms with E-state index in [1.807, 2.05) is 0 Å². The predicted molar refractivity (Wildman–Crippen MR) is 56.9 cm³/mol. The number of rotatable bonds is 3. The molecule has 0 aliphatic carbocycles. The summed E-state index contributed by atoms with van der Waals surface area (Å²) in [7, 11) is 0. The topological polar surface area (TPSA) is 37.3 Å². The standard InChI is InChI=1S/C11H7ClF4O2/c12-8-4-6(1-2-9(8)13)3-7(5-10(17)18)11(14,15)16/h1-2,4-5H,3H2,(H,17,18)/b7-5+. The maximum absolute atomic E-state index is 12.8. The first-order chi connectivity index (χ1) is 8.20. The van der Waals surface area contributed by atoms with Crippen LogP contribution in [0.3, 0.4) is 0 Å². The molecule has 0 unspecified atom stereocenters. The normalized spacial score (nSPS) is 12.6. The van der Waals surface area contributed by atoms with Gasteiger partial charge in [0.05, 0.1) is 5.02 Å². The molecule has 0 spiro atoms. The van der Waals surface area contributed by atoms with Gasteiger partial charge in [0, 0.05) is 18.1 Å². The third kappa shape index (κ3) is 4.03. The van der Waals surface area contributed by atoms with Crippen LogP contribution in [-0.4, -0.2) is 17.3 Å². The molecular formula is C11H7ClF4O2. The van der Waals surface area contributed by atoms with Gasteiger partial charge in [-0.15, -0.1) is 0 Å². The number of halogens is 5. The van der Waals surface area contributed by atoms with Crippen LogP contribution in [-0.2, 0) is 11.2 Å². The quantitative estimate of drug-likeness (QED) is 0.679. The second-order valence-corrected chi connectivity index (χ2v) is 3.84. The minimum absolute atomic E-state index is 0.0752. The van der Waals surface area contributed by atoms with Crippen molar-refractivity contribution < 1.29 is 27.5 Å². The van der Waals surface area contributed by atoms with Crippen LogP contribution in [0.25, 0.3) is 0 Å². The molecule has 7 heteroatoms. The Balaban J connectivity index is 3.04. The highest BCUT2D eigenvalue weighted by atomic mass is 35.5. The number of aliphatic carboxylic acids is 1. The number of hydrogen-bond donors (Lipinski definition) is 1. The van der Waals surface area contributed by atoms with E-state index >= 15 is 0 Å². The monoisotopic (exact) mass is 282 g/mol. The molecule has 0 atom stereocenters. The maximum atomic E-state index is 12.8. The fourth-order valence-electron chi connectivity index (χ4n) is 1.25. The zero-order valence-corrected chi connectivity index (χ0v) is 9.52. The van der Waals surface area contributed by atoms with Crippen molar-refractivity contribution in [3.63, 3.8) is 0 Å². The van der Waals surface area contributed by atoms with Crippen molar-refractivity contribution >= 4 is 17.6 Å². The highest BCUT2D eigenvalue weighted by Gasteiger charge is 2.34. The van der Waals surface area contributed by atoms with Crippen molar-refractivity contribution in [3.8, 4) is 0 Å². The second kappa shape index (κ2) is 5.39. The molecule has 1 rings (SSSR count). The van der Waals surface area contributed by atoms with Crippen molar-refractivity contribution in [2.24, 2.45) is 0 Å². The lowest BCUT2D eigenvalue weighted by molar-refractivity contribution is -0.132. The predicted octanol–water partition coefficient (Wildman–Crippen LogP) is 3.59. The van der Waals surface area contributed by atoms with E-state index in [4.69, 9.17) is 16.7 Å². The molecule has 18 heavy (non-hydrogen) atoms. The van der Waals surface area contributed by atoms with Gasteiger partial charge in [0.15, 0.2) is 0 Å². The van der Waals surface area contributed by atoms with Crippen molar-refractivity contribution in [2.45, 2.75) is 12.6 Å². The summed E-state index contributed by atoms with van der Waals surface area (Å²) in [6.45, 7) is 0. The third-order valence-corrected chi connectivity index (χ3v) is 2.33. The minimum Gasteiger partial charge on any atom is -0.478 e. The molecule has 0 aliphatic heterocycles. The van der Waals surface area contributed by atoms with E-state index in [-0.39, 0.29) is 16.7 Å². The Morgan fingerprint density at radius 2 is 2.00 bits per heavy atom. The van der Waals surface area contributed by atoms with Crippen LogP contribution in [0.2, 0.25) is 5.02 Å². The van der Waals surface area contributed by atoms with E-state index in [0.717, 1.165) is 18.2 Å². The number of benzene rings is 1. The molecule has 1 aromatic carbocycles. The van der Waals surface area contributed by atoms with Gasteiger partial charge in [0.1, 0.15) is 5.82 Å². The van der Waals surface area contributed by atoms with Crippen molar-refractivity contribution in [3.05, 3.63) is 46.3 Å². The van der Waals surface area contributed by atoms with Crippen LogP contribution in [0.5, 0.6) is 0 Å². The molecule has 0 fully saturated rings. The van der Waals surface area contributed by atoms with E-state index in [1.165, 1.54) is 0 Å². The van der Waals surface area contributed by atoms with E-state index in [0.29, 0.717) is 0 Å². The van der Waals surface area contributed by atoms with Gasteiger partial charge in [-0.3, -0.25) is 0 Å². The Labute approximate surface area is 104 Å². The molecule has 0 saturated carbocycles. The first kappa shape index (κ1) is 14.5. The molecule has 0 aliphatic rings. The molecule has 0 amide bonds. The molecule has 2 nitrogen and oxygen atoms in total. The minimum atomic E-state index is -4.76. The first-order valence-corrected chi connectivity index (χ1v) is 5.02. The summed E-state index contributed by atoms with van der Waals surface area (Å²) in [6.07, 6.45) is -5.37. The molecule has 0 radical (unpaired) electrons. The number of carboxylic acids is 1. The Bertz CT molecular complexity index is 494. The zero-order chi connectivity index (χ0) is 13.9. The number of allylic oxidation sites excluding steroid dienone is 1. The summed E-state index contributed by atoms with van der Waals surface area (Å²) in [4.78, 5) is 10.3. The molecule has 1 aromatic rings. The largest absolute Gasteiger partial charge is 0.478 e. The van der Waals surface area contributed by atoms with Crippen LogP contribution in [0.1, 0.15) is 5.56 Å². The Hall–Kier alpha value is -1.56. The van der Waals surface area contributed by atoms with Crippen LogP contribution in [0, 0.1) is 5.82 Å². The average Bonchev–Trinajstić information content (AvgIpc) is 2.20. The maximum Gasteiger partial charge on any atom is 0.413 e. The SMILES string of the molecule is O=C(O)/C=C(\Cc1ccc(F)c(Cl)c1)C(F)(F)F. The van der Waals surface area contributed by atoms with Gasteiger partial charge in [0.25, 0.3) is 0 Å².